The second kappa shape index (κ2) is 6.38. The third kappa shape index (κ3) is 3.30. The largest absolute Gasteiger partial charge is 0.317 e. The van der Waals surface area contributed by atoms with Gasteiger partial charge in [0.25, 0.3) is 10.0 Å². The molecule has 0 bridgehead atoms. The third-order valence-electron chi connectivity index (χ3n) is 3.63. The fraction of sp³-hybridized carbons (Fsp3) is 0.750. The maximum atomic E-state index is 12.6. The minimum absolute atomic E-state index is 0.151. The van der Waals surface area contributed by atoms with Crippen molar-refractivity contribution in [3.63, 3.8) is 0 Å². The van der Waals surface area contributed by atoms with Crippen molar-refractivity contribution < 1.29 is 8.42 Å². The molecule has 1 saturated heterocycles. The summed E-state index contributed by atoms with van der Waals surface area (Å²) in [6.45, 7) is 6.31. The number of sulfonamides is 1. The molecule has 1 aromatic rings. The van der Waals surface area contributed by atoms with Crippen LogP contribution in [-0.2, 0) is 10.0 Å². The third-order valence-corrected chi connectivity index (χ3v) is 7.15. The Kier molecular flexibility index (Phi) is 5.00. The molecule has 20 heavy (non-hydrogen) atoms. The molecule has 2 rings (SSSR count). The van der Waals surface area contributed by atoms with E-state index in [1.165, 1.54) is 4.31 Å². The van der Waals surface area contributed by atoms with Crippen molar-refractivity contribution in [1.29, 1.82) is 0 Å². The van der Waals surface area contributed by atoms with Gasteiger partial charge in [-0.15, -0.1) is 0 Å². The van der Waals surface area contributed by atoms with Gasteiger partial charge in [0.15, 0.2) is 4.21 Å². The summed E-state index contributed by atoms with van der Waals surface area (Å²) in [7, 11) is -3.56. The van der Waals surface area contributed by atoms with Crippen LogP contribution in [0, 0.1) is 12.8 Å². The van der Waals surface area contributed by atoms with Crippen LogP contribution in [0.5, 0.6) is 0 Å². The van der Waals surface area contributed by atoms with E-state index in [9.17, 15) is 13.2 Å². The molecule has 0 unspecified atom stereocenters. The van der Waals surface area contributed by atoms with Crippen molar-refractivity contribution in [2.75, 3.05) is 26.2 Å². The Balaban J connectivity index is 2.20. The average molecular weight is 319 g/mol. The zero-order valence-corrected chi connectivity index (χ0v) is 13.4. The molecular formula is C12H21N3O3S2. The number of thiazole rings is 1. The fourth-order valence-corrected chi connectivity index (χ4v) is 5.46. The first-order chi connectivity index (χ1) is 9.45. The second-order valence-electron chi connectivity index (χ2n) is 5.08. The highest BCUT2D eigenvalue weighted by Gasteiger charge is 2.29. The monoisotopic (exact) mass is 319 g/mol. The van der Waals surface area contributed by atoms with E-state index < -0.39 is 10.0 Å². The Bertz CT molecular complexity index is 600. The van der Waals surface area contributed by atoms with Gasteiger partial charge in [-0.1, -0.05) is 18.3 Å². The Morgan fingerprint density at radius 2 is 2.00 bits per heavy atom. The fourth-order valence-electron chi connectivity index (χ4n) is 2.50. The van der Waals surface area contributed by atoms with Gasteiger partial charge in [0.05, 0.1) is 0 Å². The number of hydrogen-bond donors (Lipinski definition) is 2. The predicted octanol–water partition coefficient (Wildman–Crippen LogP) is 0.755. The maximum absolute atomic E-state index is 12.6. The Morgan fingerprint density at radius 1 is 1.35 bits per heavy atom. The van der Waals surface area contributed by atoms with Crippen molar-refractivity contribution in [3.8, 4) is 0 Å². The molecule has 1 aliphatic rings. The summed E-state index contributed by atoms with van der Waals surface area (Å²) >= 11 is 0.774. The molecule has 114 valence electrons. The normalized spacial score (nSPS) is 17.8. The molecule has 2 heterocycles. The summed E-state index contributed by atoms with van der Waals surface area (Å²) in [6, 6.07) is 0. The number of nitrogens with one attached hydrogen (secondary N) is 2. The van der Waals surface area contributed by atoms with E-state index in [0.29, 0.717) is 24.7 Å². The first-order valence-electron chi connectivity index (χ1n) is 6.85. The molecule has 1 aliphatic heterocycles. The molecule has 0 radical (unpaired) electrons. The molecule has 0 spiro atoms. The van der Waals surface area contributed by atoms with Gasteiger partial charge in [0.1, 0.15) is 0 Å². The topological polar surface area (TPSA) is 82.3 Å². The Hall–Kier alpha value is -0.700. The smallest absolute Gasteiger partial charge is 0.305 e. The zero-order valence-electron chi connectivity index (χ0n) is 11.8. The van der Waals surface area contributed by atoms with Crippen molar-refractivity contribution in [1.82, 2.24) is 14.6 Å². The van der Waals surface area contributed by atoms with E-state index in [-0.39, 0.29) is 9.08 Å². The number of rotatable bonds is 5. The van der Waals surface area contributed by atoms with Crippen LogP contribution in [0.15, 0.2) is 9.00 Å². The van der Waals surface area contributed by atoms with Gasteiger partial charge in [-0.25, -0.2) is 8.42 Å². The number of nitrogens with zero attached hydrogens (tertiary/aromatic N) is 1. The van der Waals surface area contributed by atoms with E-state index in [1.54, 1.807) is 6.92 Å². The van der Waals surface area contributed by atoms with Crippen LogP contribution in [0.25, 0.3) is 0 Å². The molecular weight excluding hydrogens is 298 g/mol. The molecule has 0 amide bonds. The number of hydrogen-bond acceptors (Lipinski definition) is 5. The minimum Gasteiger partial charge on any atom is -0.317 e. The summed E-state index contributed by atoms with van der Waals surface area (Å²) in [5.74, 6) is 0.391. The van der Waals surface area contributed by atoms with Crippen LogP contribution >= 0.6 is 11.3 Å². The molecule has 0 atom stereocenters. The van der Waals surface area contributed by atoms with Crippen molar-refractivity contribution in [2.45, 2.75) is 30.9 Å². The van der Waals surface area contributed by atoms with E-state index in [4.69, 9.17) is 0 Å². The lowest BCUT2D eigenvalue weighted by atomic mass is 9.98. The van der Waals surface area contributed by atoms with Gasteiger partial charge in [-0.05, 0) is 38.8 Å². The lowest BCUT2D eigenvalue weighted by molar-refractivity contribution is 0.294. The first-order valence-corrected chi connectivity index (χ1v) is 9.11. The summed E-state index contributed by atoms with van der Waals surface area (Å²) in [5.41, 5.74) is 0.434. The summed E-state index contributed by atoms with van der Waals surface area (Å²) in [5, 5.41) is 3.28. The van der Waals surface area contributed by atoms with Crippen LogP contribution < -0.4 is 10.2 Å². The van der Waals surface area contributed by atoms with Crippen LogP contribution in [-0.4, -0.2) is 43.9 Å². The van der Waals surface area contributed by atoms with Crippen molar-refractivity contribution in [3.05, 3.63) is 15.4 Å². The maximum Gasteiger partial charge on any atom is 0.305 e. The second-order valence-corrected chi connectivity index (χ2v) is 8.19. The number of aromatic nitrogens is 1. The Labute approximate surface area is 123 Å². The van der Waals surface area contributed by atoms with Crippen molar-refractivity contribution in [2.24, 2.45) is 5.92 Å². The average Bonchev–Trinajstić information content (AvgIpc) is 2.76. The van der Waals surface area contributed by atoms with E-state index in [1.807, 2.05) is 6.92 Å². The summed E-state index contributed by atoms with van der Waals surface area (Å²) in [4.78, 5) is 13.6. The number of aryl methyl sites for hydroxylation is 1. The minimum atomic E-state index is -3.56. The molecule has 0 saturated carbocycles. The van der Waals surface area contributed by atoms with Crippen LogP contribution in [0.1, 0.15) is 25.5 Å². The SMILES string of the molecule is CCN(CC1CCNCC1)S(=O)(=O)c1sc(=O)[nH]c1C. The van der Waals surface area contributed by atoms with Gasteiger partial charge in [0, 0.05) is 18.8 Å². The van der Waals surface area contributed by atoms with Crippen molar-refractivity contribution >= 4 is 21.4 Å². The molecule has 8 heteroatoms. The summed E-state index contributed by atoms with van der Waals surface area (Å²) in [6.07, 6.45) is 1.99. The molecule has 1 fully saturated rings. The van der Waals surface area contributed by atoms with E-state index in [0.717, 1.165) is 37.3 Å². The standard InChI is InChI=1S/C12H21N3O3S2/c1-3-15(8-10-4-6-13-7-5-10)20(17,18)11-9(2)14-12(16)19-11/h10,13H,3-8H2,1-2H3,(H,14,16). The lowest BCUT2D eigenvalue weighted by Gasteiger charge is -2.28. The molecule has 1 aromatic heterocycles. The van der Waals surface area contributed by atoms with Gasteiger partial charge in [0.2, 0.25) is 0 Å². The first kappa shape index (κ1) is 15.7. The number of aromatic amines is 1. The van der Waals surface area contributed by atoms with Gasteiger partial charge in [-0.2, -0.15) is 4.31 Å². The lowest BCUT2D eigenvalue weighted by Crippen LogP contribution is -2.39. The molecule has 6 nitrogen and oxygen atoms in total. The highest BCUT2D eigenvalue weighted by Crippen LogP contribution is 2.23. The number of piperidine rings is 1. The molecule has 0 aliphatic carbocycles. The van der Waals surface area contributed by atoms with Crippen LogP contribution in [0.3, 0.4) is 0 Å². The van der Waals surface area contributed by atoms with Gasteiger partial charge < -0.3 is 10.3 Å². The molecule has 2 N–H and O–H groups in total. The zero-order chi connectivity index (χ0) is 14.8. The molecule has 0 aromatic carbocycles. The van der Waals surface area contributed by atoms with Crippen LogP contribution in [0.2, 0.25) is 0 Å². The van der Waals surface area contributed by atoms with E-state index >= 15 is 0 Å². The Morgan fingerprint density at radius 3 is 2.50 bits per heavy atom. The quantitative estimate of drug-likeness (QED) is 0.839. The van der Waals surface area contributed by atoms with Crippen LogP contribution in [0.4, 0.5) is 0 Å². The predicted molar refractivity (Wildman–Crippen MR) is 79.7 cm³/mol. The van der Waals surface area contributed by atoms with Gasteiger partial charge >= 0.3 is 4.87 Å². The van der Waals surface area contributed by atoms with Gasteiger partial charge in [-0.3, -0.25) is 4.79 Å². The summed E-state index contributed by atoms with van der Waals surface area (Å²) < 4.78 is 26.9. The highest BCUT2D eigenvalue weighted by atomic mass is 32.2. The van der Waals surface area contributed by atoms with E-state index in [2.05, 4.69) is 10.3 Å². The highest BCUT2D eigenvalue weighted by molar-refractivity contribution is 7.91. The number of H-pyrrole nitrogens is 1.